The van der Waals surface area contributed by atoms with Gasteiger partial charge in [0, 0.05) is 6.20 Å². The van der Waals surface area contributed by atoms with E-state index in [1.54, 1.807) is 6.20 Å². The lowest BCUT2D eigenvalue weighted by Crippen LogP contribution is -2.11. The number of pyridine rings is 1. The fourth-order valence-corrected chi connectivity index (χ4v) is 1.54. The molecule has 0 aliphatic rings. The topological polar surface area (TPSA) is 59.1 Å². The molecular formula is C8H12N2O2S. The summed E-state index contributed by atoms with van der Waals surface area (Å²) in [5.74, 6) is 0. The highest BCUT2D eigenvalue weighted by Gasteiger charge is 2.05. The minimum atomic E-state index is -3.21. The van der Waals surface area contributed by atoms with Crippen LogP contribution in [-0.2, 0) is 10.0 Å². The monoisotopic (exact) mass is 200 g/mol. The molecule has 0 amide bonds. The van der Waals surface area contributed by atoms with Gasteiger partial charge in [0.25, 0.3) is 0 Å². The molecule has 0 aromatic carbocycles. The second-order valence-corrected chi connectivity index (χ2v) is 4.75. The molecule has 1 aromatic heterocycles. The molecule has 13 heavy (non-hydrogen) atoms. The smallest absolute Gasteiger partial charge is 0.229 e. The van der Waals surface area contributed by atoms with E-state index in [4.69, 9.17) is 0 Å². The van der Waals surface area contributed by atoms with Gasteiger partial charge in [0.05, 0.1) is 18.1 Å². The van der Waals surface area contributed by atoms with Gasteiger partial charge in [-0.05, 0) is 25.0 Å². The second-order valence-electron chi connectivity index (χ2n) is 3.00. The molecule has 4 nitrogen and oxygen atoms in total. The van der Waals surface area contributed by atoms with Gasteiger partial charge in [0.1, 0.15) is 0 Å². The van der Waals surface area contributed by atoms with Crippen LogP contribution in [0.2, 0.25) is 0 Å². The summed E-state index contributed by atoms with van der Waals surface area (Å²) in [6.07, 6.45) is 4.32. The highest BCUT2D eigenvalue weighted by molar-refractivity contribution is 7.92. The van der Waals surface area contributed by atoms with Crippen LogP contribution in [0.1, 0.15) is 11.1 Å². The lowest BCUT2D eigenvalue weighted by molar-refractivity contribution is 0.606. The standard InChI is InChI=1S/C8H12N2O2S/c1-6-4-9-5-8(7(6)2)10-13(3,11)12/h4-5,10H,1-3H3. The number of rotatable bonds is 2. The van der Waals surface area contributed by atoms with Crippen LogP contribution in [0.3, 0.4) is 0 Å². The zero-order valence-corrected chi connectivity index (χ0v) is 8.64. The molecule has 0 spiro atoms. The number of hydrogen-bond acceptors (Lipinski definition) is 3. The van der Waals surface area contributed by atoms with Crippen molar-refractivity contribution in [2.45, 2.75) is 13.8 Å². The van der Waals surface area contributed by atoms with E-state index >= 15 is 0 Å². The summed E-state index contributed by atoms with van der Waals surface area (Å²) in [6, 6.07) is 0. The van der Waals surface area contributed by atoms with Gasteiger partial charge in [0.15, 0.2) is 0 Å². The van der Waals surface area contributed by atoms with Gasteiger partial charge in [0.2, 0.25) is 10.0 Å². The zero-order chi connectivity index (χ0) is 10.1. The van der Waals surface area contributed by atoms with Crippen molar-refractivity contribution in [3.63, 3.8) is 0 Å². The molecule has 0 unspecified atom stereocenters. The molecule has 1 N–H and O–H groups in total. The molecule has 0 fully saturated rings. The molecule has 0 radical (unpaired) electrons. The predicted molar refractivity (Wildman–Crippen MR) is 52.2 cm³/mol. The van der Waals surface area contributed by atoms with Crippen molar-refractivity contribution >= 4 is 15.7 Å². The van der Waals surface area contributed by atoms with E-state index in [2.05, 4.69) is 9.71 Å². The Hall–Kier alpha value is -1.10. The Morgan fingerprint density at radius 3 is 2.46 bits per heavy atom. The van der Waals surface area contributed by atoms with Crippen LogP contribution < -0.4 is 4.72 Å². The van der Waals surface area contributed by atoms with Gasteiger partial charge in [-0.15, -0.1) is 0 Å². The van der Waals surface area contributed by atoms with Gasteiger partial charge >= 0.3 is 0 Å². The quantitative estimate of drug-likeness (QED) is 0.776. The van der Waals surface area contributed by atoms with Crippen molar-refractivity contribution in [2.75, 3.05) is 11.0 Å². The largest absolute Gasteiger partial charge is 0.282 e. The van der Waals surface area contributed by atoms with Crippen molar-refractivity contribution in [3.05, 3.63) is 23.5 Å². The van der Waals surface area contributed by atoms with E-state index in [1.807, 2.05) is 13.8 Å². The van der Waals surface area contributed by atoms with Crippen LogP contribution in [0.15, 0.2) is 12.4 Å². The molecule has 1 rings (SSSR count). The van der Waals surface area contributed by atoms with Crippen molar-refractivity contribution in [1.82, 2.24) is 4.98 Å². The Morgan fingerprint density at radius 1 is 1.31 bits per heavy atom. The van der Waals surface area contributed by atoms with Crippen molar-refractivity contribution in [2.24, 2.45) is 0 Å². The normalized spacial score (nSPS) is 11.3. The van der Waals surface area contributed by atoms with Crippen LogP contribution in [0.25, 0.3) is 0 Å². The van der Waals surface area contributed by atoms with Crippen LogP contribution in [-0.4, -0.2) is 19.7 Å². The average molecular weight is 200 g/mol. The molecule has 5 heteroatoms. The van der Waals surface area contributed by atoms with Gasteiger partial charge in [-0.3, -0.25) is 9.71 Å². The maximum absolute atomic E-state index is 10.9. The Balaban J connectivity index is 3.10. The summed E-state index contributed by atoms with van der Waals surface area (Å²) in [7, 11) is -3.21. The van der Waals surface area contributed by atoms with E-state index in [0.717, 1.165) is 17.4 Å². The van der Waals surface area contributed by atoms with Gasteiger partial charge in [-0.2, -0.15) is 0 Å². The summed E-state index contributed by atoms with van der Waals surface area (Å²) in [4.78, 5) is 3.90. The van der Waals surface area contributed by atoms with Gasteiger partial charge in [-0.25, -0.2) is 8.42 Å². The second kappa shape index (κ2) is 3.33. The summed E-state index contributed by atoms with van der Waals surface area (Å²) in [5, 5.41) is 0. The molecule has 1 aromatic rings. The fraction of sp³-hybridized carbons (Fsp3) is 0.375. The SMILES string of the molecule is Cc1cncc(NS(C)(=O)=O)c1C. The number of sulfonamides is 1. The third-order valence-electron chi connectivity index (χ3n) is 1.76. The minimum absolute atomic E-state index is 0.544. The third kappa shape index (κ3) is 2.69. The summed E-state index contributed by atoms with van der Waals surface area (Å²) < 4.78 is 24.3. The maximum Gasteiger partial charge on any atom is 0.229 e. The maximum atomic E-state index is 10.9. The molecule has 72 valence electrons. The molecule has 0 atom stereocenters. The highest BCUT2D eigenvalue weighted by atomic mass is 32.2. The molecule has 0 saturated carbocycles. The number of aromatic nitrogens is 1. The minimum Gasteiger partial charge on any atom is -0.282 e. The van der Waals surface area contributed by atoms with Crippen molar-refractivity contribution < 1.29 is 8.42 Å². The number of anilines is 1. The lowest BCUT2D eigenvalue weighted by atomic mass is 10.1. The summed E-state index contributed by atoms with van der Waals surface area (Å²) >= 11 is 0. The molecule has 1 heterocycles. The Kier molecular flexibility index (Phi) is 2.56. The average Bonchev–Trinajstić information content (AvgIpc) is 1.96. The molecular weight excluding hydrogens is 188 g/mol. The van der Waals surface area contributed by atoms with Crippen LogP contribution in [0.5, 0.6) is 0 Å². The van der Waals surface area contributed by atoms with E-state index in [0.29, 0.717) is 5.69 Å². The van der Waals surface area contributed by atoms with E-state index in [1.165, 1.54) is 6.20 Å². The van der Waals surface area contributed by atoms with Gasteiger partial charge in [-0.1, -0.05) is 0 Å². The molecule has 0 bridgehead atoms. The van der Waals surface area contributed by atoms with Crippen molar-refractivity contribution in [1.29, 1.82) is 0 Å². The first-order valence-electron chi connectivity index (χ1n) is 3.79. The van der Waals surface area contributed by atoms with Crippen molar-refractivity contribution in [3.8, 4) is 0 Å². The highest BCUT2D eigenvalue weighted by Crippen LogP contribution is 2.16. The Morgan fingerprint density at radius 2 is 1.92 bits per heavy atom. The predicted octanol–water partition coefficient (Wildman–Crippen LogP) is 1.07. The third-order valence-corrected chi connectivity index (χ3v) is 2.35. The molecule has 0 aliphatic carbocycles. The molecule has 0 aliphatic heterocycles. The lowest BCUT2D eigenvalue weighted by Gasteiger charge is -2.08. The van der Waals surface area contributed by atoms with E-state index < -0.39 is 10.0 Å². The number of aryl methyl sites for hydroxylation is 1. The summed E-state index contributed by atoms with van der Waals surface area (Å²) in [6.45, 7) is 3.74. The van der Waals surface area contributed by atoms with Crippen LogP contribution in [0, 0.1) is 13.8 Å². The first-order valence-corrected chi connectivity index (χ1v) is 5.68. The fourth-order valence-electron chi connectivity index (χ4n) is 0.932. The first-order chi connectivity index (χ1) is 5.90. The number of hydrogen-bond donors (Lipinski definition) is 1. The Bertz CT molecular complexity index is 412. The van der Waals surface area contributed by atoms with E-state index in [9.17, 15) is 8.42 Å². The van der Waals surface area contributed by atoms with Crippen LogP contribution >= 0.6 is 0 Å². The van der Waals surface area contributed by atoms with Gasteiger partial charge < -0.3 is 0 Å². The van der Waals surface area contributed by atoms with E-state index in [-0.39, 0.29) is 0 Å². The Labute approximate surface area is 78.1 Å². The molecule has 0 saturated heterocycles. The first kappa shape index (κ1) is 9.98. The summed E-state index contributed by atoms with van der Waals surface area (Å²) in [5.41, 5.74) is 2.41. The number of nitrogens with one attached hydrogen (secondary N) is 1. The number of nitrogens with zero attached hydrogens (tertiary/aromatic N) is 1. The van der Waals surface area contributed by atoms with Crippen LogP contribution in [0.4, 0.5) is 5.69 Å². The zero-order valence-electron chi connectivity index (χ0n) is 7.83.